The van der Waals surface area contributed by atoms with Crippen LogP contribution in [0.2, 0.25) is 0 Å². The van der Waals surface area contributed by atoms with E-state index in [2.05, 4.69) is 27.4 Å². The van der Waals surface area contributed by atoms with Crippen molar-refractivity contribution < 1.29 is 4.52 Å². The Labute approximate surface area is 112 Å². The Bertz CT molecular complexity index is 531. The van der Waals surface area contributed by atoms with Gasteiger partial charge >= 0.3 is 0 Å². The third kappa shape index (κ3) is 2.66. The maximum Gasteiger partial charge on any atom is 0.232 e. The van der Waals surface area contributed by atoms with E-state index in [-0.39, 0.29) is 5.41 Å². The van der Waals surface area contributed by atoms with E-state index >= 15 is 0 Å². The van der Waals surface area contributed by atoms with Crippen molar-refractivity contribution in [2.45, 2.75) is 31.6 Å². The van der Waals surface area contributed by atoms with Gasteiger partial charge in [0.25, 0.3) is 0 Å². The summed E-state index contributed by atoms with van der Waals surface area (Å²) >= 11 is 0. The first-order valence-electron chi connectivity index (χ1n) is 6.69. The number of rotatable bonds is 3. The predicted molar refractivity (Wildman–Crippen MR) is 70.8 cm³/mol. The van der Waals surface area contributed by atoms with Crippen LogP contribution in [-0.4, -0.2) is 28.2 Å². The van der Waals surface area contributed by atoms with Crippen molar-refractivity contribution in [3.05, 3.63) is 41.8 Å². The molecule has 3 heterocycles. The quantitative estimate of drug-likeness (QED) is 0.907. The van der Waals surface area contributed by atoms with Gasteiger partial charge in [-0.2, -0.15) is 4.98 Å². The van der Waals surface area contributed by atoms with Gasteiger partial charge in [-0.05, 0) is 37.6 Å². The van der Waals surface area contributed by atoms with Crippen LogP contribution in [0.1, 0.15) is 37.0 Å². The van der Waals surface area contributed by atoms with Crippen molar-refractivity contribution in [1.82, 2.24) is 20.4 Å². The molecule has 19 heavy (non-hydrogen) atoms. The Morgan fingerprint density at radius 2 is 2.21 bits per heavy atom. The van der Waals surface area contributed by atoms with Gasteiger partial charge in [0.15, 0.2) is 5.82 Å². The van der Waals surface area contributed by atoms with Crippen molar-refractivity contribution in [2.24, 2.45) is 0 Å². The van der Waals surface area contributed by atoms with Crippen molar-refractivity contribution in [3.63, 3.8) is 0 Å². The van der Waals surface area contributed by atoms with E-state index in [9.17, 15) is 0 Å². The number of aromatic nitrogens is 3. The summed E-state index contributed by atoms with van der Waals surface area (Å²) < 4.78 is 5.47. The lowest BCUT2D eigenvalue weighted by molar-refractivity contribution is 0.240. The molecule has 2 aromatic heterocycles. The second-order valence-corrected chi connectivity index (χ2v) is 5.36. The molecule has 1 aliphatic heterocycles. The monoisotopic (exact) mass is 258 g/mol. The van der Waals surface area contributed by atoms with Crippen molar-refractivity contribution in [1.29, 1.82) is 0 Å². The average Bonchev–Trinajstić information content (AvgIpc) is 2.90. The summed E-state index contributed by atoms with van der Waals surface area (Å²) in [5.74, 6) is 1.51. The Balaban J connectivity index is 1.76. The van der Waals surface area contributed by atoms with Crippen LogP contribution in [-0.2, 0) is 11.8 Å². The normalized spacial score (nSPS) is 18.4. The molecule has 1 aliphatic rings. The highest BCUT2D eigenvalue weighted by atomic mass is 16.5. The molecule has 0 unspecified atom stereocenters. The van der Waals surface area contributed by atoms with Crippen LogP contribution in [0.3, 0.4) is 0 Å². The summed E-state index contributed by atoms with van der Waals surface area (Å²) in [6, 6.07) is 3.94. The molecule has 5 nitrogen and oxygen atoms in total. The zero-order valence-corrected chi connectivity index (χ0v) is 11.1. The molecular formula is C14H18N4O. The smallest absolute Gasteiger partial charge is 0.232 e. The molecule has 1 saturated heterocycles. The van der Waals surface area contributed by atoms with E-state index < -0.39 is 0 Å². The van der Waals surface area contributed by atoms with E-state index in [0.717, 1.165) is 43.2 Å². The molecule has 100 valence electrons. The van der Waals surface area contributed by atoms with Gasteiger partial charge in [0.1, 0.15) is 0 Å². The van der Waals surface area contributed by atoms with Crippen LogP contribution in [0.15, 0.2) is 29.0 Å². The standard InChI is InChI=1S/C14H18N4O/c1-14(4-7-15-8-5-14)13-17-12(18-19-13)9-11-3-2-6-16-10-11/h2-3,6,10,15H,4-5,7-9H2,1H3. The van der Waals surface area contributed by atoms with E-state index in [0.29, 0.717) is 6.42 Å². The van der Waals surface area contributed by atoms with Gasteiger partial charge in [0, 0.05) is 24.2 Å². The highest BCUT2D eigenvalue weighted by Crippen LogP contribution is 2.31. The third-order valence-corrected chi connectivity index (χ3v) is 3.78. The second kappa shape index (κ2) is 5.09. The van der Waals surface area contributed by atoms with Gasteiger partial charge in [-0.1, -0.05) is 18.1 Å². The summed E-state index contributed by atoms with van der Waals surface area (Å²) in [7, 11) is 0. The van der Waals surface area contributed by atoms with Crippen molar-refractivity contribution in [2.75, 3.05) is 13.1 Å². The lowest BCUT2D eigenvalue weighted by atomic mass is 9.81. The first kappa shape index (κ1) is 12.3. The van der Waals surface area contributed by atoms with Gasteiger partial charge < -0.3 is 9.84 Å². The maximum atomic E-state index is 5.47. The molecule has 0 bridgehead atoms. The second-order valence-electron chi connectivity index (χ2n) is 5.36. The van der Waals surface area contributed by atoms with E-state index in [1.54, 1.807) is 6.20 Å². The Morgan fingerprint density at radius 3 is 2.95 bits per heavy atom. The fourth-order valence-electron chi connectivity index (χ4n) is 2.45. The summed E-state index contributed by atoms with van der Waals surface area (Å²) in [5, 5.41) is 7.46. The van der Waals surface area contributed by atoms with Crippen LogP contribution < -0.4 is 5.32 Å². The minimum Gasteiger partial charge on any atom is -0.339 e. The first-order valence-corrected chi connectivity index (χ1v) is 6.69. The molecule has 0 saturated carbocycles. The molecule has 5 heteroatoms. The number of nitrogens with one attached hydrogen (secondary N) is 1. The van der Waals surface area contributed by atoms with E-state index in [1.807, 2.05) is 18.3 Å². The lowest BCUT2D eigenvalue weighted by Gasteiger charge is -2.30. The van der Waals surface area contributed by atoms with E-state index in [4.69, 9.17) is 4.52 Å². The zero-order valence-electron chi connectivity index (χ0n) is 11.1. The zero-order chi connectivity index (χ0) is 13.1. The molecule has 0 spiro atoms. The molecule has 1 N–H and O–H groups in total. The van der Waals surface area contributed by atoms with E-state index in [1.165, 1.54) is 0 Å². The Kier molecular flexibility index (Phi) is 3.29. The molecular weight excluding hydrogens is 240 g/mol. The lowest BCUT2D eigenvalue weighted by Crippen LogP contribution is -2.37. The number of hydrogen-bond donors (Lipinski definition) is 1. The summed E-state index contributed by atoms with van der Waals surface area (Å²) in [6.07, 6.45) is 6.36. The highest BCUT2D eigenvalue weighted by Gasteiger charge is 2.34. The molecule has 0 amide bonds. The Morgan fingerprint density at radius 1 is 1.37 bits per heavy atom. The predicted octanol–water partition coefficient (Wildman–Crippen LogP) is 1.70. The number of pyridine rings is 1. The third-order valence-electron chi connectivity index (χ3n) is 3.78. The number of hydrogen-bond acceptors (Lipinski definition) is 5. The molecule has 0 radical (unpaired) electrons. The van der Waals surface area contributed by atoms with Crippen LogP contribution in [0.4, 0.5) is 0 Å². The minimum absolute atomic E-state index is 0.0193. The average molecular weight is 258 g/mol. The Hall–Kier alpha value is -1.75. The number of piperidine rings is 1. The fraction of sp³-hybridized carbons (Fsp3) is 0.500. The molecule has 1 fully saturated rings. The fourth-order valence-corrected chi connectivity index (χ4v) is 2.45. The first-order chi connectivity index (χ1) is 9.26. The molecule has 3 rings (SSSR count). The van der Waals surface area contributed by atoms with Gasteiger partial charge in [-0.15, -0.1) is 0 Å². The summed E-state index contributed by atoms with van der Waals surface area (Å²) in [5.41, 5.74) is 1.12. The van der Waals surface area contributed by atoms with Gasteiger partial charge in [-0.25, -0.2) is 0 Å². The maximum absolute atomic E-state index is 5.47. The van der Waals surface area contributed by atoms with Crippen LogP contribution in [0.5, 0.6) is 0 Å². The van der Waals surface area contributed by atoms with Crippen molar-refractivity contribution >= 4 is 0 Å². The van der Waals surface area contributed by atoms with Crippen LogP contribution >= 0.6 is 0 Å². The summed E-state index contributed by atoms with van der Waals surface area (Å²) in [6.45, 7) is 4.23. The van der Waals surface area contributed by atoms with Gasteiger partial charge in [-0.3, -0.25) is 4.98 Å². The van der Waals surface area contributed by atoms with Crippen molar-refractivity contribution in [3.8, 4) is 0 Å². The minimum atomic E-state index is 0.0193. The molecule has 0 atom stereocenters. The highest BCUT2D eigenvalue weighted by molar-refractivity contribution is 5.15. The summed E-state index contributed by atoms with van der Waals surface area (Å²) in [4.78, 5) is 8.66. The van der Waals surface area contributed by atoms with Crippen LogP contribution in [0, 0.1) is 0 Å². The molecule has 2 aromatic rings. The van der Waals surface area contributed by atoms with Crippen LogP contribution in [0.25, 0.3) is 0 Å². The topological polar surface area (TPSA) is 63.8 Å². The number of nitrogens with zero attached hydrogens (tertiary/aromatic N) is 3. The van der Waals surface area contributed by atoms with Gasteiger partial charge in [0.2, 0.25) is 5.89 Å². The van der Waals surface area contributed by atoms with Gasteiger partial charge in [0.05, 0.1) is 0 Å². The molecule has 0 aromatic carbocycles. The SMILES string of the molecule is CC1(c2nc(Cc3cccnc3)no2)CCNCC1. The molecule has 0 aliphatic carbocycles. The largest absolute Gasteiger partial charge is 0.339 e.